The lowest BCUT2D eigenvalue weighted by atomic mass is 9.87. The predicted octanol–water partition coefficient (Wildman–Crippen LogP) is 3.47. The highest BCUT2D eigenvalue weighted by Gasteiger charge is 2.46. The van der Waals surface area contributed by atoms with Gasteiger partial charge in [-0.2, -0.15) is 0 Å². The van der Waals surface area contributed by atoms with Crippen LogP contribution in [-0.2, 0) is 22.7 Å². The van der Waals surface area contributed by atoms with Gasteiger partial charge in [-0.15, -0.1) is 0 Å². The van der Waals surface area contributed by atoms with Gasteiger partial charge in [0.1, 0.15) is 12.4 Å². The van der Waals surface area contributed by atoms with Crippen LogP contribution in [0.3, 0.4) is 0 Å². The molecule has 0 aliphatic carbocycles. The van der Waals surface area contributed by atoms with Gasteiger partial charge in [0.05, 0.1) is 12.0 Å². The fourth-order valence-corrected chi connectivity index (χ4v) is 4.83. The lowest BCUT2D eigenvalue weighted by Crippen LogP contribution is -2.43. The van der Waals surface area contributed by atoms with Gasteiger partial charge in [-0.3, -0.25) is 14.6 Å². The molecule has 2 aliphatic heterocycles. The number of carbonyl (C=O) groups excluding carboxylic acids is 2. The van der Waals surface area contributed by atoms with Gasteiger partial charge in [0.15, 0.2) is 0 Å². The Morgan fingerprint density at radius 1 is 1.06 bits per heavy atom. The maximum atomic E-state index is 14.2. The van der Waals surface area contributed by atoms with Crippen LogP contribution in [0, 0.1) is 18.7 Å². The van der Waals surface area contributed by atoms with E-state index in [2.05, 4.69) is 27.8 Å². The molecule has 1 saturated heterocycles. The molecule has 5 rings (SSSR count). The third kappa shape index (κ3) is 4.52. The monoisotopic (exact) mass is 458 g/mol. The third-order valence-electron chi connectivity index (χ3n) is 6.45. The Balaban J connectivity index is 1.32. The first-order valence-corrected chi connectivity index (χ1v) is 11.5. The lowest BCUT2D eigenvalue weighted by Gasteiger charge is -2.36. The number of hydrogen-bond donors (Lipinski definition) is 2. The molecule has 2 amide bonds. The molecule has 0 bridgehead atoms. The number of nitrogens with one attached hydrogen (secondary N) is 2. The molecule has 2 aliphatic rings. The van der Waals surface area contributed by atoms with Crippen LogP contribution >= 0.6 is 0 Å². The number of hydrogen-bond acceptors (Lipinski definition) is 4. The molecule has 2 heterocycles. The molecule has 0 saturated carbocycles. The summed E-state index contributed by atoms with van der Waals surface area (Å²) in [6.07, 6.45) is 0. The summed E-state index contributed by atoms with van der Waals surface area (Å²) in [4.78, 5) is 27.9. The zero-order chi connectivity index (χ0) is 23.7. The van der Waals surface area contributed by atoms with Crippen LogP contribution in [0.15, 0.2) is 72.8 Å². The van der Waals surface area contributed by atoms with E-state index >= 15 is 0 Å². The van der Waals surface area contributed by atoms with E-state index < -0.39 is 5.92 Å². The molecule has 3 aromatic carbocycles. The van der Waals surface area contributed by atoms with Gasteiger partial charge in [-0.05, 0) is 41.8 Å². The molecule has 0 radical (unpaired) electrons. The van der Waals surface area contributed by atoms with E-state index in [-0.39, 0.29) is 30.2 Å². The third-order valence-corrected chi connectivity index (χ3v) is 6.45. The van der Waals surface area contributed by atoms with Crippen LogP contribution < -0.4 is 15.6 Å². The van der Waals surface area contributed by atoms with Crippen LogP contribution in [-0.4, -0.2) is 29.9 Å². The van der Waals surface area contributed by atoms with Crippen LogP contribution in [0.5, 0.6) is 0 Å². The number of halogens is 1. The second kappa shape index (κ2) is 9.27. The number of nitrogens with zero attached hydrogens (tertiary/aromatic N) is 2. The van der Waals surface area contributed by atoms with Crippen molar-refractivity contribution in [3.05, 3.63) is 101 Å². The summed E-state index contributed by atoms with van der Waals surface area (Å²) >= 11 is 0. The van der Waals surface area contributed by atoms with Crippen molar-refractivity contribution in [3.8, 4) is 0 Å². The number of aryl methyl sites for hydroxylation is 1. The van der Waals surface area contributed by atoms with Gasteiger partial charge < -0.3 is 10.2 Å². The summed E-state index contributed by atoms with van der Waals surface area (Å²) in [7, 11) is 0. The van der Waals surface area contributed by atoms with E-state index in [4.69, 9.17) is 0 Å². The Morgan fingerprint density at radius 3 is 2.65 bits per heavy atom. The molecular weight excluding hydrogens is 431 g/mol. The van der Waals surface area contributed by atoms with Gasteiger partial charge in [-0.1, -0.05) is 60.2 Å². The number of fused-ring (bicyclic) bond motifs is 3. The minimum absolute atomic E-state index is 0.0960. The van der Waals surface area contributed by atoms with E-state index in [1.807, 2.05) is 49.4 Å². The second-order valence-corrected chi connectivity index (χ2v) is 8.97. The van der Waals surface area contributed by atoms with E-state index in [0.717, 1.165) is 27.9 Å². The van der Waals surface area contributed by atoms with Crippen LogP contribution in [0.4, 0.5) is 10.1 Å². The molecule has 34 heavy (non-hydrogen) atoms. The van der Waals surface area contributed by atoms with E-state index in [0.29, 0.717) is 19.6 Å². The van der Waals surface area contributed by atoms with Gasteiger partial charge in [0, 0.05) is 25.3 Å². The topological polar surface area (TPSA) is 64.7 Å². The molecular formula is C27H27FN4O2. The molecule has 1 fully saturated rings. The van der Waals surface area contributed by atoms with Crippen LogP contribution in [0.1, 0.15) is 28.3 Å². The smallest absolute Gasteiger partial charge is 0.244 e. The van der Waals surface area contributed by atoms with Gasteiger partial charge in [0.25, 0.3) is 0 Å². The Hall–Kier alpha value is -3.71. The molecule has 3 aromatic rings. The van der Waals surface area contributed by atoms with Crippen molar-refractivity contribution in [2.45, 2.75) is 26.1 Å². The second-order valence-electron chi connectivity index (χ2n) is 8.97. The van der Waals surface area contributed by atoms with Crippen LogP contribution in [0.2, 0.25) is 0 Å². The maximum absolute atomic E-state index is 14.2. The first-order valence-electron chi connectivity index (χ1n) is 11.5. The molecule has 174 valence electrons. The molecule has 0 spiro atoms. The Morgan fingerprint density at radius 2 is 1.85 bits per heavy atom. The standard InChI is InChI=1S/C27H27FN4O2/c1-18-6-5-9-20(12-18)15-31-16-23-26(22-13-21(28)10-11-24(22)31)30-32(27(23)34)17-25(33)29-14-19-7-3-2-4-8-19/h2-13,23,26,30H,14-17H2,1H3,(H,29,33). The SMILES string of the molecule is Cc1cccc(CN2CC3C(=O)N(CC(=O)NCc4ccccc4)NC3c3cc(F)ccc32)c1. The minimum atomic E-state index is -0.402. The number of anilines is 1. The number of amides is 2. The molecule has 6 nitrogen and oxygen atoms in total. The van der Waals surface area contributed by atoms with Gasteiger partial charge in [-0.25, -0.2) is 9.82 Å². The summed E-state index contributed by atoms with van der Waals surface area (Å²) in [5.74, 6) is -1.15. The molecule has 7 heteroatoms. The number of carbonyl (C=O) groups is 2. The summed E-state index contributed by atoms with van der Waals surface area (Å²) in [6, 6.07) is 22.2. The molecule has 0 aromatic heterocycles. The average Bonchev–Trinajstić information content (AvgIpc) is 3.14. The van der Waals surface area contributed by atoms with Crippen molar-refractivity contribution in [2.75, 3.05) is 18.0 Å². The van der Waals surface area contributed by atoms with Crippen molar-refractivity contribution in [1.82, 2.24) is 15.8 Å². The highest BCUT2D eigenvalue weighted by Crippen LogP contribution is 2.41. The van der Waals surface area contributed by atoms with Crippen molar-refractivity contribution >= 4 is 17.5 Å². The Labute approximate surface area is 198 Å². The van der Waals surface area contributed by atoms with Gasteiger partial charge in [0.2, 0.25) is 11.8 Å². The maximum Gasteiger partial charge on any atom is 0.244 e. The zero-order valence-electron chi connectivity index (χ0n) is 19.0. The van der Waals surface area contributed by atoms with E-state index in [1.165, 1.54) is 17.1 Å². The number of rotatable bonds is 6. The summed E-state index contributed by atoms with van der Waals surface area (Å²) in [5.41, 5.74) is 8.10. The Bertz CT molecular complexity index is 1220. The van der Waals surface area contributed by atoms with Crippen molar-refractivity contribution in [2.24, 2.45) is 5.92 Å². The van der Waals surface area contributed by atoms with Gasteiger partial charge >= 0.3 is 0 Å². The molecule has 2 unspecified atom stereocenters. The van der Waals surface area contributed by atoms with Crippen molar-refractivity contribution in [3.63, 3.8) is 0 Å². The Kier molecular flexibility index (Phi) is 6.02. The van der Waals surface area contributed by atoms with E-state index in [9.17, 15) is 14.0 Å². The highest BCUT2D eigenvalue weighted by atomic mass is 19.1. The zero-order valence-corrected chi connectivity index (χ0v) is 19.0. The highest BCUT2D eigenvalue weighted by molar-refractivity contribution is 5.88. The van der Waals surface area contributed by atoms with E-state index in [1.54, 1.807) is 6.07 Å². The lowest BCUT2D eigenvalue weighted by molar-refractivity contribution is -0.137. The molecule has 2 atom stereocenters. The molecule has 2 N–H and O–H groups in total. The van der Waals surface area contributed by atoms with Crippen LogP contribution in [0.25, 0.3) is 0 Å². The fraction of sp³-hybridized carbons (Fsp3) is 0.259. The average molecular weight is 459 g/mol. The summed E-state index contributed by atoms with van der Waals surface area (Å²) < 4.78 is 14.2. The summed E-state index contributed by atoms with van der Waals surface area (Å²) in [5, 5.41) is 4.23. The minimum Gasteiger partial charge on any atom is -0.366 e. The normalized spacial score (nSPS) is 19.1. The quantitative estimate of drug-likeness (QED) is 0.594. The first-order chi connectivity index (χ1) is 16.5. The fourth-order valence-electron chi connectivity index (χ4n) is 4.83. The van der Waals surface area contributed by atoms with Crippen molar-refractivity contribution in [1.29, 1.82) is 0 Å². The predicted molar refractivity (Wildman–Crippen MR) is 128 cm³/mol. The summed E-state index contributed by atoms with van der Waals surface area (Å²) in [6.45, 7) is 3.46. The number of hydrazine groups is 1. The van der Waals surface area contributed by atoms with Crippen molar-refractivity contribution < 1.29 is 14.0 Å². The largest absolute Gasteiger partial charge is 0.366 e. The number of benzene rings is 3. The first kappa shape index (κ1) is 22.1.